The Balaban J connectivity index is 1.55. The Bertz CT molecular complexity index is 926. The van der Waals surface area contributed by atoms with E-state index in [4.69, 9.17) is 0 Å². The first-order chi connectivity index (χ1) is 14.5. The lowest BCUT2D eigenvalue weighted by molar-refractivity contribution is -0.143. The fourth-order valence-corrected chi connectivity index (χ4v) is 4.09. The quantitative estimate of drug-likeness (QED) is 0.670. The number of hydrogen-bond acceptors (Lipinski definition) is 5. The van der Waals surface area contributed by atoms with Crippen LogP contribution in [0.4, 0.5) is 38.0 Å². The van der Waals surface area contributed by atoms with Crippen LogP contribution >= 0.6 is 0 Å². The summed E-state index contributed by atoms with van der Waals surface area (Å²) in [5, 5.41) is 5.91. The van der Waals surface area contributed by atoms with Crippen molar-refractivity contribution in [2.24, 2.45) is 0 Å². The molecule has 2 aliphatic rings. The molecule has 11 heteroatoms. The minimum Gasteiger partial charge on any atom is -0.324 e. The third-order valence-corrected chi connectivity index (χ3v) is 5.64. The van der Waals surface area contributed by atoms with Crippen LogP contribution in [0.25, 0.3) is 0 Å². The zero-order chi connectivity index (χ0) is 22.4. The molecular formula is C20H21F6N5. The number of benzene rings is 1. The molecule has 0 spiro atoms. The molecule has 2 aliphatic heterocycles. The van der Waals surface area contributed by atoms with E-state index in [-0.39, 0.29) is 17.7 Å². The number of piperidine rings is 1. The molecule has 168 valence electrons. The van der Waals surface area contributed by atoms with E-state index in [0.29, 0.717) is 37.3 Å². The second-order valence-corrected chi connectivity index (χ2v) is 8.02. The molecule has 1 aromatic heterocycles. The van der Waals surface area contributed by atoms with Gasteiger partial charge in [-0.3, -0.25) is 4.90 Å². The molecule has 2 atom stereocenters. The number of hydrogen-bond donors (Lipinski definition) is 2. The number of halogens is 6. The van der Waals surface area contributed by atoms with Crippen molar-refractivity contribution in [3.8, 4) is 0 Å². The molecule has 1 fully saturated rings. The normalized spacial score (nSPS) is 22.4. The summed E-state index contributed by atoms with van der Waals surface area (Å²) in [6, 6.07) is 2.13. The van der Waals surface area contributed by atoms with Crippen molar-refractivity contribution < 1.29 is 26.3 Å². The summed E-state index contributed by atoms with van der Waals surface area (Å²) in [6.07, 6.45) is -6.25. The minimum atomic E-state index is -4.91. The topological polar surface area (TPSA) is 53.1 Å². The molecule has 3 heterocycles. The molecule has 1 saturated heterocycles. The lowest BCUT2D eigenvalue weighted by atomic mass is 9.99. The van der Waals surface area contributed by atoms with Gasteiger partial charge < -0.3 is 10.6 Å². The van der Waals surface area contributed by atoms with Gasteiger partial charge in [0, 0.05) is 42.6 Å². The highest BCUT2D eigenvalue weighted by Gasteiger charge is 2.37. The standard InChI is InChI=1S/C20H21F6N5/c1-11-4-16(2-3-27-11)31-9-12-8-28-18(30-17(12)10-31)29-15-6-13(19(21,22)23)5-14(7-15)20(24,25)26/h5-8,11,16,27H,2-4,9-10H2,1H3,(H,28,29,30)/t11-,16+/m1/s1. The molecule has 0 bridgehead atoms. The number of rotatable bonds is 3. The van der Waals surface area contributed by atoms with Crippen LogP contribution in [0, 0.1) is 0 Å². The van der Waals surface area contributed by atoms with E-state index in [1.165, 1.54) is 0 Å². The van der Waals surface area contributed by atoms with E-state index in [0.717, 1.165) is 30.6 Å². The highest BCUT2D eigenvalue weighted by molar-refractivity contribution is 5.57. The Kier molecular flexibility index (Phi) is 5.59. The van der Waals surface area contributed by atoms with Crippen LogP contribution in [0.1, 0.15) is 42.1 Å². The van der Waals surface area contributed by atoms with Crippen LogP contribution in [-0.2, 0) is 25.4 Å². The summed E-state index contributed by atoms with van der Waals surface area (Å²) < 4.78 is 78.4. The summed E-state index contributed by atoms with van der Waals surface area (Å²) in [7, 11) is 0. The Morgan fingerprint density at radius 1 is 1.03 bits per heavy atom. The number of fused-ring (bicyclic) bond motifs is 1. The second-order valence-electron chi connectivity index (χ2n) is 8.02. The van der Waals surface area contributed by atoms with Crippen LogP contribution in [0.3, 0.4) is 0 Å². The molecule has 0 unspecified atom stereocenters. The van der Waals surface area contributed by atoms with Crippen LogP contribution in [0.15, 0.2) is 24.4 Å². The van der Waals surface area contributed by atoms with Crippen molar-refractivity contribution in [3.63, 3.8) is 0 Å². The predicted molar refractivity (Wildman–Crippen MR) is 101 cm³/mol. The van der Waals surface area contributed by atoms with Crippen molar-refractivity contribution in [1.82, 2.24) is 20.2 Å². The van der Waals surface area contributed by atoms with Crippen LogP contribution in [-0.4, -0.2) is 33.5 Å². The summed E-state index contributed by atoms with van der Waals surface area (Å²) in [5.74, 6) is -0.0354. The maximum Gasteiger partial charge on any atom is 0.416 e. The van der Waals surface area contributed by atoms with Gasteiger partial charge in [-0.15, -0.1) is 0 Å². The van der Waals surface area contributed by atoms with Crippen LogP contribution < -0.4 is 10.6 Å². The van der Waals surface area contributed by atoms with Crippen molar-refractivity contribution in [2.75, 3.05) is 11.9 Å². The molecule has 0 aliphatic carbocycles. The maximum absolute atomic E-state index is 13.1. The van der Waals surface area contributed by atoms with Gasteiger partial charge in [-0.25, -0.2) is 9.97 Å². The van der Waals surface area contributed by atoms with E-state index in [9.17, 15) is 26.3 Å². The highest BCUT2D eigenvalue weighted by atomic mass is 19.4. The number of anilines is 2. The first-order valence-corrected chi connectivity index (χ1v) is 9.88. The summed E-state index contributed by atoms with van der Waals surface area (Å²) in [5.41, 5.74) is -1.51. The van der Waals surface area contributed by atoms with E-state index in [1.807, 2.05) is 0 Å². The lowest BCUT2D eigenvalue weighted by Gasteiger charge is -2.34. The van der Waals surface area contributed by atoms with Crippen molar-refractivity contribution in [2.45, 2.75) is 57.3 Å². The fourth-order valence-electron chi connectivity index (χ4n) is 4.09. The molecule has 5 nitrogen and oxygen atoms in total. The van der Waals surface area contributed by atoms with Gasteiger partial charge in [0.2, 0.25) is 5.95 Å². The van der Waals surface area contributed by atoms with Crippen molar-refractivity contribution in [3.05, 3.63) is 46.8 Å². The highest BCUT2D eigenvalue weighted by Crippen LogP contribution is 2.38. The SMILES string of the molecule is C[C@@H]1C[C@@H](N2Cc3cnc(Nc4cc(C(F)(F)F)cc(C(F)(F)F)c4)nc3C2)CCN1. The first-order valence-electron chi connectivity index (χ1n) is 9.88. The Labute approximate surface area is 174 Å². The Morgan fingerprint density at radius 2 is 1.71 bits per heavy atom. The van der Waals surface area contributed by atoms with E-state index < -0.39 is 23.5 Å². The largest absolute Gasteiger partial charge is 0.416 e. The lowest BCUT2D eigenvalue weighted by Crippen LogP contribution is -2.45. The van der Waals surface area contributed by atoms with Crippen molar-refractivity contribution >= 4 is 11.6 Å². The molecular weight excluding hydrogens is 424 g/mol. The van der Waals surface area contributed by atoms with E-state index >= 15 is 0 Å². The molecule has 1 aromatic carbocycles. The van der Waals surface area contributed by atoms with Crippen molar-refractivity contribution in [1.29, 1.82) is 0 Å². The summed E-state index contributed by atoms with van der Waals surface area (Å²) in [6.45, 7) is 4.30. The summed E-state index contributed by atoms with van der Waals surface area (Å²) >= 11 is 0. The molecule has 2 N–H and O–H groups in total. The minimum absolute atomic E-state index is 0.0354. The van der Waals surface area contributed by atoms with Gasteiger partial charge in [0.25, 0.3) is 0 Å². The Hall–Kier alpha value is -2.40. The van der Waals surface area contributed by atoms with Gasteiger partial charge in [-0.1, -0.05) is 0 Å². The second kappa shape index (κ2) is 7.94. The van der Waals surface area contributed by atoms with Crippen LogP contribution in [0.2, 0.25) is 0 Å². The van der Waals surface area contributed by atoms with E-state index in [1.54, 1.807) is 6.20 Å². The average Bonchev–Trinajstić information content (AvgIpc) is 3.10. The van der Waals surface area contributed by atoms with Gasteiger partial charge in [-0.05, 0) is 44.5 Å². The zero-order valence-electron chi connectivity index (χ0n) is 16.6. The molecule has 0 radical (unpaired) electrons. The zero-order valence-corrected chi connectivity index (χ0v) is 16.6. The molecule has 2 aromatic rings. The van der Waals surface area contributed by atoms with Gasteiger partial charge in [0.1, 0.15) is 0 Å². The predicted octanol–water partition coefficient (Wildman–Crippen LogP) is 4.71. The molecule has 0 saturated carbocycles. The number of nitrogens with zero attached hydrogens (tertiary/aromatic N) is 3. The monoisotopic (exact) mass is 445 g/mol. The third kappa shape index (κ3) is 4.93. The summed E-state index contributed by atoms with van der Waals surface area (Å²) in [4.78, 5) is 10.7. The van der Waals surface area contributed by atoms with E-state index in [2.05, 4.69) is 32.4 Å². The van der Waals surface area contributed by atoms with Gasteiger partial charge >= 0.3 is 12.4 Å². The van der Waals surface area contributed by atoms with Gasteiger partial charge in [0.15, 0.2) is 0 Å². The molecule has 0 amide bonds. The Morgan fingerprint density at radius 3 is 2.32 bits per heavy atom. The first kappa shape index (κ1) is 21.8. The smallest absolute Gasteiger partial charge is 0.324 e. The maximum atomic E-state index is 13.1. The number of alkyl halides is 6. The van der Waals surface area contributed by atoms with Gasteiger partial charge in [-0.2, -0.15) is 26.3 Å². The van der Waals surface area contributed by atoms with Gasteiger partial charge in [0.05, 0.1) is 16.8 Å². The molecule has 31 heavy (non-hydrogen) atoms. The van der Waals surface area contributed by atoms with Crippen LogP contribution in [0.5, 0.6) is 0 Å². The third-order valence-electron chi connectivity index (χ3n) is 5.64. The fraction of sp³-hybridized carbons (Fsp3) is 0.500. The molecule has 4 rings (SSSR count). The average molecular weight is 445 g/mol. The number of aromatic nitrogens is 2. The number of nitrogens with one attached hydrogen (secondary N) is 2.